The molecule has 1 aliphatic carbocycles. The molecule has 6 heteroatoms. The molecule has 1 unspecified atom stereocenters. The maximum absolute atomic E-state index is 5.40. The highest BCUT2D eigenvalue weighted by atomic mass is 32.1. The van der Waals surface area contributed by atoms with Gasteiger partial charge in [0.1, 0.15) is 10.6 Å². The maximum atomic E-state index is 5.40. The average molecular weight is 276 g/mol. The molecule has 1 N–H and O–H groups in total. The molecule has 2 aromatic heterocycles. The van der Waals surface area contributed by atoms with Crippen LogP contribution in [0.2, 0.25) is 0 Å². The van der Waals surface area contributed by atoms with Gasteiger partial charge in [0.25, 0.3) is 0 Å². The summed E-state index contributed by atoms with van der Waals surface area (Å²) in [6.45, 7) is 1.93. The topological polar surface area (TPSA) is 52.0 Å². The highest BCUT2D eigenvalue weighted by molar-refractivity contribution is 7.13. The number of hydrogen-bond donors (Lipinski definition) is 1. The van der Waals surface area contributed by atoms with Crippen molar-refractivity contribution in [2.45, 2.75) is 25.4 Å². The summed E-state index contributed by atoms with van der Waals surface area (Å²) in [5, 5.41) is 14.5. The van der Waals surface area contributed by atoms with Gasteiger partial charge in [-0.1, -0.05) is 0 Å². The molecular formula is C13H16N4OS. The largest absolute Gasteiger partial charge is 0.495 e. The highest BCUT2D eigenvalue weighted by Crippen LogP contribution is 2.43. The van der Waals surface area contributed by atoms with Gasteiger partial charge in [-0.2, -0.15) is 0 Å². The zero-order chi connectivity index (χ0) is 12.8. The number of fused-ring (bicyclic) bond motifs is 1. The maximum Gasteiger partial charge on any atom is 0.177 e. The van der Waals surface area contributed by atoms with E-state index in [4.69, 9.17) is 4.74 Å². The van der Waals surface area contributed by atoms with Crippen molar-refractivity contribution in [1.29, 1.82) is 0 Å². The summed E-state index contributed by atoms with van der Waals surface area (Å²) in [6.07, 6.45) is 2.62. The number of thiophene rings is 1. The molecule has 0 radical (unpaired) electrons. The minimum Gasteiger partial charge on any atom is -0.495 e. The van der Waals surface area contributed by atoms with Gasteiger partial charge in [-0.25, -0.2) is 0 Å². The Labute approximate surface area is 115 Å². The first-order chi connectivity index (χ1) is 9.38. The van der Waals surface area contributed by atoms with Gasteiger partial charge < -0.3 is 14.6 Å². The number of nitrogens with zero attached hydrogens (tertiary/aromatic N) is 3. The van der Waals surface area contributed by atoms with Crippen molar-refractivity contribution in [2.75, 3.05) is 13.7 Å². The third-order valence-electron chi connectivity index (χ3n) is 3.90. The average Bonchev–Trinajstić information content (AvgIpc) is 3.02. The first-order valence-corrected chi connectivity index (χ1v) is 7.55. The van der Waals surface area contributed by atoms with Crippen LogP contribution in [0.15, 0.2) is 11.4 Å². The van der Waals surface area contributed by atoms with Crippen molar-refractivity contribution in [1.82, 2.24) is 20.1 Å². The lowest BCUT2D eigenvalue weighted by molar-refractivity contribution is 0.382. The molecule has 2 aliphatic rings. The van der Waals surface area contributed by atoms with Gasteiger partial charge in [0, 0.05) is 13.1 Å². The van der Waals surface area contributed by atoms with E-state index in [9.17, 15) is 0 Å². The van der Waals surface area contributed by atoms with E-state index < -0.39 is 0 Å². The number of nitrogens with one attached hydrogen (secondary N) is 1. The molecule has 19 heavy (non-hydrogen) atoms. The van der Waals surface area contributed by atoms with Crippen LogP contribution in [0.25, 0.3) is 10.7 Å². The second kappa shape index (κ2) is 4.31. The van der Waals surface area contributed by atoms with E-state index in [1.54, 1.807) is 18.4 Å². The second-order valence-corrected chi connectivity index (χ2v) is 6.04. The zero-order valence-corrected chi connectivity index (χ0v) is 11.6. The van der Waals surface area contributed by atoms with Gasteiger partial charge in [0.15, 0.2) is 11.6 Å². The Hall–Kier alpha value is -1.40. The first kappa shape index (κ1) is 11.4. The lowest BCUT2D eigenvalue weighted by Crippen LogP contribution is -2.35. The third-order valence-corrected chi connectivity index (χ3v) is 4.79. The SMILES string of the molecule is COc1ccsc1-c1nnc2n1CCNC2C1CC1. The van der Waals surface area contributed by atoms with E-state index in [-0.39, 0.29) is 0 Å². The normalized spacial score (nSPS) is 22.3. The Morgan fingerprint density at radius 3 is 3.11 bits per heavy atom. The summed E-state index contributed by atoms with van der Waals surface area (Å²) in [5.74, 6) is 3.69. The van der Waals surface area contributed by atoms with Gasteiger partial charge in [0.05, 0.1) is 13.2 Å². The molecule has 0 aromatic carbocycles. The van der Waals surface area contributed by atoms with Crippen LogP contribution in [0.1, 0.15) is 24.7 Å². The van der Waals surface area contributed by atoms with Crippen molar-refractivity contribution in [2.24, 2.45) is 5.92 Å². The summed E-state index contributed by atoms with van der Waals surface area (Å²) < 4.78 is 7.66. The fourth-order valence-corrected chi connectivity index (χ4v) is 3.64. The Morgan fingerprint density at radius 2 is 2.32 bits per heavy atom. The van der Waals surface area contributed by atoms with E-state index >= 15 is 0 Å². The summed E-state index contributed by atoms with van der Waals surface area (Å²) in [4.78, 5) is 1.08. The molecule has 3 heterocycles. The molecule has 2 aromatic rings. The molecule has 1 fully saturated rings. The number of methoxy groups -OCH3 is 1. The summed E-state index contributed by atoms with van der Waals surface area (Å²) in [6, 6.07) is 2.38. The first-order valence-electron chi connectivity index (χ1n) is 6.67. The Bertz CT molecular complexity index is 602. The van der Waals surface area contributed by atoms with Crippen LogP contribution >= 0.6 is 11.3 Å². The standard InChI is InChI=1S/C13H16N4OS/c1-18-9-4-7-19-11(9)13-16-15-12-10(8-2-3-8)14-5-6-17(12)13/h4,7-8,10,14H,2-3,5-6H2,1H3. The number of rotatable bonds is 3. The monoisotopic (exact) mass is 276 g/mol. The van der Waals surface area contributed by atoms with Crippen molar-refractivity contribution in [3.8, 4) is 16.5 Å². The van der Waals surface area contributed by atoms with Crippen LogP contribution in [-0.4, -0.2) is 28.4 Å². The minimum atomic E-state index is 0.390. The number of aromatic nitrogens is 3. The Balaban J connectivity index is 1.78. The van der Waals surface area contributed by atoms with Crippen molar-refractivity contribution in [3.63, 3.8) is 0 Å². The number of hydrogen-bond acceptors (Lipinski definition) is 5. The predicted molar refractivity (Wildman–Crippen MR) is 73.4 cm³/mol. The molecule has 1 aliphatic heterocycles. The van der Waals surface area contributed by atoms with Crippen LogP contribution < -0.4 is 10.1 Å². The molecule has 1 saturated carbocycles. The van der Waals surface area contributed by atoms with Crippen molar-refractivity contribution >= 4 is 11.3 Å². The summed E-state index contributed by atoms with van der Waals surface area (Å²) in [5.41, 5.74) is 0. The lowest BCUT2D eigenvalue weighted by Gasteiger charge is -2.24. The van der Waals surface area contributed by atoms with E-state index in [0.717, 1.165) is 41.3 Å². The van der Waals surface area contributed by atoms with E-state index in [1.807, 2.05) is 11.4 Å². The quantitative estimate of drug-likeness (QED) is 0.932. The molecule has 0 saturated heterocycles. The second-order valence-electron chi connectivity index (χ2n) is 5.12. The fraction of sp³-hybridized carbons (Fsp3) is 0.538. The summed E-state index contributed by atoms with van der Waals surface area (Å²) in [7, 11) is 1.70. The van der Waals surface area contributed by atoms with Gasteiger partial charge in [-0.3, -0.25) is 0 Å². The van der Waals surface area contributed by atoms with Crippen LogP contribution in [0.3, 0.4) is 0 Å². The molecular weight excluding hydrogens is 260 g/mol. The van der Waals surface area contributed by atoms with Crippen LogP contribution in [0.5, 0.6) is 5.75 Å². The molecule has 0 bridgehead atoms. The minimum absolute atomic E-state index is 0.390. The highest BCUT2D eigenvalue weighted by Gasteiger charge is 2.37. The number of ether oxygens (including phenoxy) is 1. The van der Waals surface area contributed by atoms with Gasteiger partial charge in [-0.15, -0.1) is 21.5 Å². The van der Waals surface area contributed by atoms with Crippen LogP contribution in [-0.2, 0) is 6.54 Å². The van der Waals surface area contributed by atoms with Gasteiger partial charge in [-0.05, 0) is 30.2 Å². The molecule has 4 rings (SSSR count). The Morgan fingerprint density at radius 1 is 1.42 bits per heavy atom. The molecule has 100 valence electrons. The summed E-state index contributed by atoms with van der Waals surface area (Å²) >= 11 is 1.66. The van der Waals surface area contributed by atoms with E-state index in [1.165, 1.54) is 12.8 Å². The predicted octanol–water partition coefficient (Wildman–Crippen LogP) is 2.07. The smallest absolute Gasteiger partial charge is 0.177 e. The molecule has 1 atom stereocenters. The third kappa shape index (κ3) is 1.78. The van der Waals surface area contributed by atoms with E-state index in [0.29, 0.717) is 6.04 Å². The van der Waals surface area contributed by atoms with Gasteiger partial charge >= 0.3 is 0 Å². The van der Waals surface area contributed by atoms with Crippen LogP contribution in [0, 0.1) is 5.92 Å². The molecule has 5 nitrogen and oxygen atoms in total. The van der Waals surface area contributed by atoms with Gasteiger partial charge in [0.2, 0.25) is 0 Å². The van der Waals surface area contributed by atoms with Crippen LogP contribution in [0.4, 0.5) is 0 Å². The zero-order valence-electron chi connectivity index (χ0n) is 10.8. The van der Waals surface area contributed by atoms with Crippen molar-refractivity contribution in [3.05, 3.63) is 17.3 Å². The van der Waals surface area contributed by atoms with Crippen molar-refractivity contribution < 1.29 is 4.74 Å². The van der Waals surface area contributed by atoms with E-state index in [2.05, 4.69) is 20.1 Å². The lowest BCUT2D eigenvalue weighted by atomic mass is 10.1. The molecule has 0 spiro atoms. The molecule has 0 amide bonds. The fourth-order valence-electron chi connectivity index (χ4n) is 2.79. The Kier molecular flexibility index (Phi) is 2.60.